The molecular formula is C9H5BrClFN2O2S2. The number of anilines is 1. The largest absolute Gasteiger partial charge is 0.266 e. The molecule has 2 aromatic rings. The maximum absolute atomic E-state index is 13.6. The highest BCUT2D eigenvalue weighted by Gasteiger charge is 2.21. The number of nitrogens with zero attached hydrogens (tertiary/aromatic N) is 1. The number of sulfonamides is 1. The lowest BCUT2D eigenvalue weighted by Crippen LogP contribution is -2.14. The third-order valence-corrected chi connectivity index (χ3v) is 5.09. The number of hydrogen-bond acceptors (Lipinski definition) is 4. The Kier molecular flexibility index (Phi) is 3.90. The van der Waals surface area contributed by atoms with Crippen LogP contribution in [0.1, 0.15) is 0 Å². The van der Waals surface area contributed by atoms with E-state index in [9.17, 15) is 12.8 Å². The van der Waals surface area contributed by atoms with Crippen molar-refractivity contribution < 1.29 is 12.8 Å². The molecule has 9 heteroatoms. The Bertz CT molecular complexity index is 676. The lowest BCUT2D eigenvalue weighted by atomic mass is 10.3. The van der Waals surface area contributed by atoms with Crippen LogP contribution < -0.4 is 4.72 Å². The van der Waals surface area contributed by atoms with Crippen molar-refractivity contribution in [3.8, 4) is 0 Å². The third kappa shape index (κ3) is 2.82. The van der Waals surface area contributed by atoms with Gasteiger partial charge in [0.05, 0.1) is 10.5 Å². The van der Waals surface area contributed by atoms with Crippen molar-refractivity contribution in [1.29, 1.82) is 0 Å². The standard InChI is InChI=1S/C9H5BrClFN2O2S2/c10-5-1-7(12)8(2-6(5)11)18(15,16)14-9-3-17-4-13-9/h1-4,14H. The first-order valence-electron chi connectivity index (χ1n) is 4.46. The minimum absolute atomic E-state index is 0.107. The Morgan fingerprint density at radius 3 is 2.78 bits per heavy atom. The number of benzene rings is 1. The van der Waals surface area contributed by atoms with Crippen LogP contribution in [0.25, 0.3) is 0 Å². The van der Waals surface area contributed by atoms with E-state index in [1.807, 2.05) is 0 Å². The zero-order chi connectivity index (χ0) is 13.3. The smallest absolute Gasteiger partial charge is 0.263 e. The van der Waals surface area contributed by atoms with E-state index in [1.54, 1.807) is 0 Å². The van der Waals surface area contributed by atoms with Gasteiger partial charge in [0.15, 0.2) is 5.82 Å². The number of nitrogens with one attached hydrogen (secondary N) is 1. The van der Waals surface area contributed by atoms with Crippen molar-refractivity contribution in [2.24, 2.45) is 0 Å². The van der Waals surface area contributed by atoms with E-state index in [2.05, 4.69) is 25.6 Å². The second-order valence-corrected chi connectivity index (χ2v) is 6.81. The molecule has 4 nitrogen and oxygen atoms in total. The monoisotopic (exact) mass is 370 g/mol. The highest BCUT2D eigenvalue weighted by atomic mass is 79.9. The molecular weight excluding hydrogens is 367 g/mol. The fraction of sp³-hybridized carbons (Fsp3) is 0. The zero-order valence-corrected chi connectivity index (χ0v) is 12.5. The van der Waals surface area contributed by atoms with E-state index in [-0.39, 0.29) is 15.3 Å². The highest BCUT2D eigenvalue weighted by Crippen LogP contribution is 2.28. The van der Waals surface area contributed by atoms with E-state index in [0.717, 1.165) is 12.1 Å². The van der Waals surface area contributed by atoms with Crippen LogP contribution in [0, 0.1) is 5.82 Å². The molecule has 0 saturated heterocycles. The van der Waals surface area contributed by atoms with Gasteiger partial charge in [-0.15, -0.1) is 11.3 Å². The average Bonchev–Trinajstić information content (AvgIpc) is 2.75. The van der Waals surface area contributed by atoms with Crippen molar-refractivity contribution in [3.05, 3.63) is 38.3 Å². The molecule has 1 heterocycles. The van der Waals surface area contributed by atoms with Gasteiger partial charge in [0.1, 0.15) is 10.7 Å². The molecule has 0 saturated carbocycles. The second-order valence-electron chi connectivity index (χ2n) is 3.18. The fourth-order valence-corrected chi connectivity index (χ4v) is 3.35. The maximum Gasteiger partial charge on any atom is 0.266 e. The Labute approximate surface area is 120 Å². The molecule has 0 radical (unpaired) electrons. The van der Waals surface area contributed by atoms with Gasteiger partial charge in [-0.2, -0.15) is 0 Å². The van der Waals surface area contributed by atoms with Crippen LogP contribution in [0.4, 0.5) is 10.2 Å². The van der Waals surface area contributed by atoms with Gasteiger partial charge in [0, 0.05) is 9.85 Å². The van der Waals surface area contributed by atoms with Crippen LogP contribution in [-0.2, 0) is 10.0 Å². The molecule has 0 atom stereocenters. The minimum atomic E-state index is -4.04. The lowest BCUT2D eigenvalue weighted by Gasteiger charge is -2.07. The number of aromatic nitrogens is 1. The molecule has 0 aliphatic carbocycles. The molecule has 0 aliphatic rings. The van der Waals surface area contributed by atoms with Gasteiger partial charge in [0.2, 0.25) is 0 Å². The van der Waals surface area contributed by atoms with Gasteiger partial charge in [-0.3, -0.25) is 4.72 Å². The molecule has 18 heavy (non-hydrogen) atoms. The molecule has 0 bridgehead atoms. The average molecular weight is 372 g/mol. The predicted molar refractivity (Wildman–Crippen MR) is 72.0 cm³/mol. The summed E-state index contributed by atoms with van der Waals surface area (Å²) >= 11 is 9.98. The molecule has 0 fully saturated rings. The predicted octanol–water partition coefficient (Wildman–Crippen LogP) is 3.50. The summed E-state index contributed by atoms with van der Waals surface area (Å²) in [5.74, 6) is -0.757. The number of hydrogen-bond donors (Lipinski definition) is 1. The first-order chi connectivity index (χ1) is 8.40. The molecule has 0 unspecified atom stereocenters. The van der Waals surface area contributed by atoms with Gasteiger partial charge in [-0.05, 0) is 28.1 Å². The topological polar surface area (TPSA) is 59.1 Å². The Hall–Kier alpha value is -0.700. The summed E-state index contributed by atoms with van der Waals surface area (Å²) in [6, 6.07) is 2.04. The summed E-state index contributed by atoms with van der Waals surface area (Å²) in [5.41, 5.74) is 1.46. The summed E-state index contributed by atoms with van der Waals surface area (Å²) in [4.78, 5) is 3.24. The van der Waals surface area contributed by atoms with Crippen molar-refractivity contribution in [2.45, 2.75) is 4.90 Å². The van der Waals surface area contributed by atoms with Gasteiger partial charge < -0.3 is 0 Å². The van der Waals surface area contributed by atoms with Gasteiger partial charge in [-0.1, -0.05) is 11.6 Å². The van der Waals surface area contributed by atoms with Crippen LogP contribution in [0.3, 0.4) is 0 Å². The second kappa shape index (κ2) is 5.12. The van der Waals surface area contributed by atoms with E-state index in [0.29, 0.717) is 0 Å². The maximum atomic E-state index is 13.6. The van der Waals surface area contributed by atoms with Crippen molar-refractivity contribution in [1.82, 2.24) is 4.98 Å². The van der Waals surface area contributed by atoms with Crippen molar-refractivity contribution >= 4 is 54.7 Å². The molecule has 0 aliphatic heterocycles. The molecule has 1 N–H and O–H groups in total. The first-order valence-corrected chi connectivity index (χ1v) is 8.05. The quantitative estimate of drug-likeness (QED) is 0.840. The highest BCUT2D eigenvalue weighted by molar-refractivity contribution is 9.10. The summed E-state index contributed by atoms with van der Waals surface area (Å²) in [6.07, 6.45) is 0. The summed E-state index contributed by atoms with van der Waals surface area (Å²) in [6.45, 7) is 0. The van der Waals surface area contributed by atoms with Gasteiger partial charge in [-0.25, -0.2) is 17.8 Å². The lowest BCUT2D eigenvalue weighted by molar-refractivity contribution is 0.569. The number of halogens is 3. The van der Waals surface area contributed by atoms with Crippen LogP contribution in [-0.4, -0.2) is 13.4 Å². The Morgan fingerprint density at radius 1 is 1.44 bits per heavy atom. The first kappa shape index (κ1) is 13.7. The number of thiazole rings is 1. The number of rotatable bonds is 3. The molecule has 96 valence electrons. The van der Waals surface area contributed by atoms with Crippen molar-refractivity contribution in [3.63, 3.8) is 0 Å². The zero-order valence-electron chi connectivity index (χ0n) is 8.52. The van der Waals surface area contributed by atoms with Crippen LogP contribution >= 0.6 is 38.9 Å². The van der Waals surface area contributed by atoms with Crippen LogP contribution in [0.5, 0.6) is 0 Å². The fourth-order valence-electron chi connectivity index (χ4n) is 1.17. The van der Waals surface area contributed by atoms with Crippen molar-refractivity contribution in [2.75, 3.05) is 4.72 Å². The van der Waals surface area contributed by atoms with Gasteiger partial charge in [0.25, 0.3) is 10.0 Å². The molecule has 1 aromatic carbocycles. The van der Waals surface area contributed by atoms with E-state index in [4.69, 9.17) is 11.6 Å². The third-order valence-electron chi connectivity index (χ3n) is 1.94. The summed E-state index contributed by atoms with van der Waals surface area (Å²) in [5, 5.41) is 1.60. The SMILES string of the molecule is O=S(=O)(Nc1cscn1)c1cc(Cl)c(Br)cc1F. The summed E-state index contributed by atoms with van der Waals surface area (Å²) < 4.78 is 39.9. The molecule has 2 rings (SSSR count). The van der Waals surface area contributed by atoms with Crippen LogP contribution in [0.2, 0.25) is 5.02 Å². The van der Waals surface area contributed by atoms with E-state index in [1.165, 1.54) is 22.2 Å². The molecule has 0 amide bonds. The molecule has 0 spiro atoms. The van der Waals surface area contributed by atoms with Gasteiger partial charge >= 0.3 is 0 Å². The van der Waals surface area contributed by atoms with Crippen LogP contribution in [0.15, 0.2) is 32.4 Å². The Morgan fingerprint density at radius 2 is 2.17 bits per heavy atom. The minimum Gasteiger partial charge on any atom is -0.263 e. The summed E-state index contributed by atoms with van der Waals surface area (Å²) in [7, 11) is -4.04. The normalized spacial score (nSPS) is 11.5. The molecule has 1 aromatic heterocycles. The Balaban J connectivity index is 2.44. The van der Waals surface area contributed by atoms with E-state index < -0.39 is 20.7 Å². The van der Waals surface area contributed by atoms with E-state index >= 15 is 0 Å².